The van der Waals surface area contributed by atoms with Crippen molar-refractivity contribution in [2.75, 3.05) is 27.3 Å². The number of nitrogens with one attached hydrogen (secondary N) is 1. The number of carboxylic acid groups (broad SMARTS) is 1. The molecule has 0 spiro atoms. The van der Waals surface area contributed by atoms with Crippen LogP contribution in [0.15, 0.2) is 30.3 Å². The maximum atomic E-state index is 12.6. The molecule has 1 saturated heterocycles. The van der Waals surface area contributed by atoms with Crippen molar-refractivity contribution >= 4 is 12.0 Å². The molecule has 1 aromatic carbocycles. The van der Waals surface area contributed by atoms with Gasteiger partial charge in [0.05, 0.1) is 13.1 Å². The lowest BCUT2D eigenvalue weighted by atomic mass is 10.0. The topological polar surface area (TPSA) is 88.1 Å². The molecule has 1 fully saturated rings. The van der Waals surface area contributed by atoms with Crippen LogP contribution in [0.1, 0.15) is 18.4 Å². The Labute approximate surface area is 147 Å². The van der Waals surface area contributed by atoms with Crippen molar-refractivity contribution in [2.24, 2.45) is 0 Å². The second-order valence-corrected chi connectivity index (χ2v) is 6.22. The molecule has 138 valence electrons. The van der Waals surface area contributed by atoms with Crippen molar-refractivity contribution in [1.82, 2.24) is 10.2 Å². The van der Waals surface area contributed by atoms with Crippen LogP contribution in [0.25, 0.3) is 0 Å². The lowest BCUT2D eigenvalue weighted by molar-refractivity contribution is -0.137. The van der Waals surface area contributed by atoms with Crippen LogP contribution in [-0.2, 0) is 20.7 Å². The SMILES string of the molecule is COC1CN(C(=O)NC(CCC(=O)O)Cc2ccccc2)CC1OC. The van der Waals surface area contributed by atoms with E-state index < -0.39 is 5.97 Å². The molecule has 1 aliphatic heterocycles. The Hall–Kier alpha value is -2.12. The van der Waals surface area contributed by atoms with Crippen LogP contribution in [0.5, 0.6) is 0 Å². The average Bonchev–Trinajstić information content (AvgIpc) is 3.04. The van der Waals surface area contributed by atoms with Gasteiger partial charge in [-0.05, 0) is 18.4 Å². The van der Waals surface area contributed by atoms with E-state index in [0.717, 1.165) is 5.56 Å². The van der Waals surface area contributed by atoms with Gasteiger partial charge in [-0.15, -0.1) is 0 Å². The number of carboxylic acids is 1. The van der Waals surface area contributed by atoms with Crippen molar-refractivity contribution < 1.29 is 24.2 Å². The van der Waals surface area contributed by atoms with E-state index in [0.29, 0.717) is 25.9 Å². The molecule has 3 unspecified atom stereocenters. The van der Waals surface area contributed by atoms with Crippen LogP contribution < -0.4 is 5.32 Å². The van der Waals surface area contributed by atoms with Gasteiger partial charge < -0.3 is 24.8 Å². The first kappa shape index (κ1) is 19.2. The zero-order chi connectivity index (χ0) is 18.2. The van der Waals surface area contributed by atoms with E-state index >= 15 is 0 Å². The third-order valence-corrected chi connectivity index (χ3v) is 4.47. The third kappa shape index (κ3) is 5.72. The molecule has 2 rings (SSSR count). The highest BCUT2D eigenvalue weighted by molar-refractivity contribution is 5.75. The number of hydrogen-bond donors (Lipinski definition) is 2. The Morgan fingerprint density at radius 2 is 1.80 bits per heavy atom. The first-order valence-corrected chi connectivity index (χ1v) is 8.40. The van der Waals surface area contributed by atoms with Crippen LogP contribution in [0.3, 0.4) is 0 Å². The molecule has 0 aromatic heterocycles. The zero-order valence-corrected chi connectivity index (χ0v) is 14.7. The fourth-order valence-electron chi connectivity index (χ4n) is 3.05. The molecule has 2 amide bonds. The molecule has 7 nitrogen and oxygen atoms in total. The molecule has 2 N–H and O–H groups in total. The van der Waals surface area contributed by atoms with E-state index in [9.17, 15) is 9.59 Å². The van der Waals surface area contributed by atoms with Gasteiger partial charge in [-0.1, -0.05) is 30.3 Å². The van der Waals surface area contributed by atoms with Crippen molar-refractivity contribution in [3.8, 4) is 0 Å². The molecule has 0 aliphatic carbocycles. The van der Waals surface area contributed by atoms with E-state index in [1.165, 1.54) is 0 Å². The maximum Gasteiger partial charge on any atom is 0.317 e. The van der Waals surface area contributed by atoms with Crippen LogP contribution in [0.4, 0.5) is 4.79 Å². The summed E-state index contributed by atoms with van der Waals surface area (Å²) in [5, 5.41) is 11.9. The molecule has 1 heterocycles. The molecule has 0 radical (unpaired) electrons. The number of carbonyl (C=O) groups is 2. The summed E-state index contributed by atoms with van der Waals surface area (Å²) in [6.45, 7) is 0.912. The highest BCUT2D eigenvalue weighted by atomic mass is 16.5. The van der Waals surface area contributed by atoms with Crippen LogP contribution in [-0.4, -0.2) is 67.6 Å². The molecular formula is C18H26N2O5. The average molecular weight is 350 g/mol. The number of carbonyl (C=O) groups excluding carboxylic acids is 1. The standard InChI is InChI=1S/C18H26N2O5/c1-24-15-11-20(12-16(15)25-2)18(23)19-14(8-9-17(21)22)10-13-6-4-3-5-7-13/h3-7,14-16H,8-12H2,1-2H3,(H,19,23)(H,21,22). The van der Waals surface area contributed by atoms with Gasteiger partial charge >= 0.3 is 12.0 Å². The fraction of sp³-hybridized carbons (Fsp3) is 0.556. The quantitative estimate of drug-likeness (QED) is 0.742. The van der Waals surface area contributed by atoms with Crippen molar-refractivity contribution in [1.29, 1.82) is 0 Å². The number of benzene rings is 1. The van der Waals surface area contributed by atoms with E-state index in [2.05, 4.69) is 5.32 Å². The van der Waals surface area contributed by atoms with Gasteiger partial charge in [0.25, 0.3) is 0 Å². The summed E-state index contributed by atoms with van der Waals surface area (Å²) in [5.41, 5.74) is 1.06. The molecular weight excluding hydrogens is 324 g/mol. The lowest BCUT2D eigenvalue weighted by Gasteiger charge is -2.23. The first-order chi connectivity index (χ1) is 12.0. The number of ether oxygens (including phenoxy) is 2. The van der Waals surface area contributed by atoms with E-state index in [-0.39, 0.29) is 30.7 Å². The van der Waals surface area contributed by atoms with Gasteiger partial charge in [0.2, 0.25) is 0 Å². The minimum Gasteiger partial charge on any atom is -0.481 e. The summed E-state index contributed by atoms with van der Waals surface area (Å²) in [6.07, 6.45) is 0.684. The Balaban J connectivity index is 1.97. The molecule has 7 heteroatoms. The second-order valence-electron chi connectivity index (χ2n) is 6.22. The molecule has 1 aliphatic rings. The van der Waals surface area contributed by atoms with Crippen molar-refractivity contribution in [2.45, 2.75) is 37.5 Å². The number of aliphatic carboxylic acids is 1. The summed E-state index contributed by atoms with van der Waals surface area (Å²) in [5.74, 6) is -0.868. The Morgan fingerprint density at radius 3 is 2.32 bits per heavy atom. The lowest BCUT2D eigenvalue weighted by Crippen LogP contribution is -2.45. The van der Waals surface area contributed by atoms with Gasteiger partial charge in [0, 0.05) is 26.7 Å². The van der Waals surface area contributed by atoms with Crippen molar-refractivity contribution in [3.05, 3.63) is 35.9 Å². The monoisotopic (exact) mass is 350 g/mol. The van der Waals surface area contributed by atoms with Crippen molar-refractivity contribution in [3.63, 3.8) is 0 Å². The highest BCUT2D eigenvalue weighted by Gasteiger charge is 2.36. The minimum absolute atomic E-state index is 0.0131. The summed E-state index contributed by atoms with van der Waals surface area (Å²) in [4.78, 5) is 25.1. The van der Waals surface area contributed by atoms with Crippen LogP contribution in [0.2, 0.25) is 0 Å². The van der Waals surface area contributed by atoms with Gasteiger partial charge in [0.15, 0.2) is 0 Å². The maximum absolute atomic E-state index is 12.6. The van der Waals surface area contributed by atoms with Crippen LogP contribution in [0, 0.1) is 0 Å². The smallest absolute Gasteiger partial charge is 0.317 e. The molecule has 3 atom stereocenters. The second kappa shape index (κ2) is 9.39. The van der Waals surface area contributed by atoms with E-state index in [1.54, 1.807) is 19.1 Å². The number of likely N-dealkylation sites (tertiary alicyclic amines) is 1. The highest BCUT2D eigenvalue weighted by Crippen LogP contribution is 2.16. The number of urea groups is 1. The van der Waals surface area contributed by atoms with Gasteiger partial charge in [-0.25, -0.2) is 4.79 Å². The fourth-order valence-corrected chi connectivity index (χ4v) is 3.05. The Kier molecular flexibility index (Phi) is 7.21. The molecule has 0 bridgehead atoms. The predicted molar refractivity (Wildman–Crippen MR) is 92.5 cm³/mol. The van der Waals surface area contributed by atoms with Crippen LogP contribution >= 0.6 is 0 Å². The summed E-state index contributed by atoms with van der Waals surface area (Å²) in [7, 11) is 3.20. The molecule has 0 saturated carbocycles. The van der Waals surface area contributed by atoms with Gasteiger partial charge in [-0.3, -0.25) is 4.79 Å². The molecule has 25 heavy (non-hydrogen) atoms. The number of nitrogens with zero attached hydrogens (tertiary/aromatic N) is 1. The summed E-state index contributed by atoms with van der Waals surface area (Å²) < 4.78 is 10.7. The zero-order valence-electron chi connectivity index (χ0n) is 14.7. The third-order valence-electron chi connectivity index (χ3n) is 4.47. The predicted octanol–water partition coefficient (Wildman–Crippen LogP) is 1.52. The van der Waals surface area contributed by atoms with E-state index in [1.807, 2.05) is 30.3 Å². The first-order valence-electron chi connectivity index (χ1n) is 8.40. The summed E-state index contributed by atoms with van der Waals surface area (Å²) in [6, 6.07) is 9.27. The van der Waals surface area contributed by atoms with Gasteiger partial charge in [0.1, 0.15) is 12.2 Å². The molecule has 1 aromatic rings. The van der Waals surface area contributed by atoms with Gasteiger partial charge in [-0.2, -0.15) is 0 Å². The number of amides is 2. The number of hydrogen-bond acceptors (Lipinski definition) is 4. The minimum atomic E-state index is -0.868. The number of methoxy groups -OCH3 is 2. The largest absolute Gasteiger partial charge is 0.481 e. The normalized spacial score (nSPS) is 21.1. The Bertz CT molecular complexity index is 554. The Morgan fingerprint density at radius 1 is 1.20 bits per heavy atom. The van der Waals surface area contributed by atoms with E-state index in [4.69, 9.17) is 14.6 Å². The summed E-state index contributed by atoms with van der Waals surface area (Å²) >= 11 is 0. The number of rotatable bonds is 8.